The van der Waals surface area contributed by atoms with Crippen LogP contribution in [0.1, 0.15) is 0 Å². The quantitative estimate of drug-likeness (QED) is 0.646. The molecule has 0 aliphatic carbocycles. The zero-order chi connectivity index (χ0) is 16.9. The molecule has 4 nitrogen and oxygen atoms in total. The molecule has 0 aliphatic heterocycles. The maximum absolute atomic E-state index is 12.3. The van der Waals surface area contributed by atoms with Gasteiger partial charge in [-0.1, -0.05) is 18.2 Å². The molecule has 0 radical (unpaired) electrons. The van der Waals surface area contributed by atoms with Gasteiger partial charge >= 0.3 is 6.36 Å². The average Bonchev–Trinajstić information content (AvgIpc) is 2.47. The Morgan fingerprint density at radius 3 is 2.39 bits per heavy atom. The summed E-state index contributed by atoms with van der Waals surface area (Å²) in [5.74, 6) is 0.211. The molecular formula is C16H16F3NO3. The Morgan fingerprint density at radius 2 is 1.74 bits per heavy atom. The van der Waals surface area contributed by atoms with Gasteiger partial charge in [0, 0.05) is 7.11 Å². The molecule has 7 heteroatoms. The van der Waals surface area contributed by atoms with Gasteiger partial charge in [-0.05, 0) is 35.4 Å². The minimum atomic E-state index is -4.73. The number of ether oxygens (including phenoxy) is 3. The van der Waals surface area contributed by atoms with Crippen molar-refractivity contribution >= 4 is 5.69 Å². The lowest BCUT2D eigenvalue weighted by Gasteiger charge is -2.12. The monoisotopic (exact) mass is 327 g/mol. The number of methoxy groups -OCH3 is 1. The average molecular weight is 327 g/mol. The van der Waals surface area contributed by atoms with E-state index in [-0.39, 0.29) is 5.75 Å². The minimum absolute atomic E-state index is 0.283. The van der Waals surface area contributed by atoms with E-state index < -0.39 is 6.36 Å². The Balaban J connectivity index is 2.18. The van der Waals surface area contributed by atoms with E-state index in [4.69, 9.17) is 15.2 Å². The fourth-order valence-electron chi connectivity index (χ4n) is 1.97. The first-order valence-corrected chi connectivity index (χ1v) is 6.76. The van der Waals surface area contributed by atoms with Crippen LogP contribution in [-0.2, 0) is 4.74 Å². The predicted octanol–water partition coefficient (Wildman–Crippen LogP) is 3.86. The molecular weight excluding hydrogens is 311 g/mol. The Kier molecular flexibility index (Phi) is 5.33. The van der Waals surface area contributed by atoms with Gasteiger partial charge in [0.1, 0.15) is 18.1 Å². The summed E-state index contributed by atoms with van der Waals surface area (Å²) < 4.78 is 51.0. The van der Waals surface area contributed by atoms with Crippen molar-refractivity contribution < 1.29 is 27.4 Å². The van der Waals surface area contributed by atoms with Crippen molar-refractivity contribution in [1.29, 1.82) is 0 Å². The summed E-state index contributed by atoms with van der Waals surface area (Å²) >= 11 is 0. The number of anilines is 1. The molecule has 0 unspecified atom stereocenters. The van der Waals surface area contributed by atoms with Crippen molar-refractivity contribution in [3.63, 3.8) is 0 Å². The smallest absolute Gasteiger partial charge is 0.489 e. The molecule has 124 valence electrons. The lowest BCUT2D eigenvalue weighted by molar-refractivity contribution is -0.274. The second kappa shape index (κ2) is 7.23. The summed E-state index contributed by atoms with van der Waals surface area (Å²) in [6.45, 7) is 0.785. The van der Waals surface area contributed by atoms with E-state index >= 15 is 0 Å². The standard InChI is InChI=1S/C16H16F3NO3/c1-21-7-8-22-15-6-5-12(10-14(15)20)11-3-2-4-13(9-11)23-16(17,18)19/h2-6,9-10H,7-8,20H2,1H3. The molecule has 23 heavy (non-hydrogen) atoms. The number of benzene rings is 2. The van der Waals surface area contributed by atoms with Gasteiger partial charge in [-0.3, -0.25) is 0 Å². The Labute approximate surface area is 131 Å². The van der Waals surface area contributed by atoms with Crippen LogP contribution in [0.2, 0.25) is 0 Å². The number of nitrogens with two attached hydrogens (primary N) is 1. The number of hydrogen-bond acceptors (Lipinski definition) is 4. The molecule has 0 aliphatic rings. The van der Waals surface area contributed by atoms with Gasteiger partial charge in [0.25, 0.3) is 0 Å². The predicted molar refractivity (Wildman–Crippen MR) is 80.3 cm³/mol. The largest absolute Gasteiger partial charge is 0.573 e. The molecule has 2 N–H and O–H groups in total. The highest BCUT2D eigenvalue weighted by Gasteiger charge is 2.31. The molecule has 0 atom stereocenters. The van der Waals surface area contributed by atoms with Crippen LogP contribution in [0.25, 0.3) is 11.1 Å². The highest BCUT2D eigenvalue weighted by Crippen LogP contribution is 2.31. The first-order chi connectivity index (χ1) is 10.9. The number of nitrogen functional groups attached to an aromatic ring is 1. The topological polar surface area (TPSA) is 53.7 Å². The maximum Gasteiger partial charge on any atom is 0.573 e. The van der Waals surface area contributed by atoms with Crippen LogP contribution >= 0.6 is 0 Å². The van der Waals surface area contributed by atoms with Gasteiger partial charge in [0.2, 0.25) is 0 Å². The first kappa shape index (κ1) is 17.0. The van der Waals surface area contributed by atoms with E-state index in [2.05, 4.69) is 4.74 Å². The number of alkyl halides is 3. The lowest BCUT2D eigenvalue weighted by atomic mass is 10.0. The van der Waals surface area contributed by atoms with E-state index in [0.717, 1.165) is 0 Å². The van der Waals surface area contributed by atoms with Crippen LogP contribution in [0.4, 0.5) is 18.9 Å². The van der Waals surface area contributed by atoms with Gasteiger partial charge in [-0.25, -0.2) is 0 Å². The number of hydrogen-bond donors (Lipinski definition) is 1. The van der Waals surface area contributed by atoms with Gasteiger partial charge in [0.15, 0.2) is 0 Å². The van der Waals surface area contributed by atoms with Crippen molar-refractivity contribution in [3.05, 3.63) is 42.5 Å². The van der Waals surface area contributed by atoms with Crippen LogP contribution in [0.3, 0.4) is 0 Å². The molecule has 0 fully saturated rings. The summed E-state index contributed by atoms with van der Waals surface area (Å²) in [4.78, 5) is 0. The molecule has 0 bridgehead atoms. The van der Waals surface area contributed by atoms with Crippen LogP contribution in [-0.4, -0.2) is 26.7 Å². The molecule has 2 aromatic carbocycles. The molecule has 0 saturated carbocycles. The summed E-state index contributed by atoms with van der Waals surface area (Å²) in [5, 5.41) is 0. The zero-order valence-corrected chi connectivity index (χ0v) is 12.4. The summed E-state index contributed by atoms with van der Waals surface area (Å²) in [5.41, 5.74) is 7.51. The molecule has 2 rings (SSSR count). The number of rotatable bonds is 6. The van der Waals surface area contributed by atoms with Crippen molar-refractivity contribution in [2.24, 2.45) is 0 Å². The van der Waals surface area contributed by atoms with Crippen LogP contribution in [0.15, 0.2) is 42.5 Å². The molecule has 0 heterocycles. The van der Waals surface area contributed by atoms with Crippen molar-refractivity contribution in [1.82, 2.24) is 0 Å². The van der Waals surface area contributed by atoms with Gasteiger partial charge in [-0.2, -0.15) is 0 Å². The van der Waals surface area contributed by atoms with Crippen LogP contribution < -0.4 is 15.2 Å². The normalized spacial score (nSPS) is 11.3. The van der Waals surface area contributed by atoms with Gasteiger partial charge in [-0.15, -0.1) is 13.2 Å². The first-order valence-electron chi connectivity index (χ1n) is 6.76. The van der Waals surface area contributed by atoms with Crippen LogP contribution in [0, 0.1) is 0 Å². The maximum atomic E-state index is 12.3. The summed E-state index contributed by atoms with van der Waals surface area (Å²) in [7, 11) is 1.56. The summed E-state index contributed by atoms with van der Waals surface area (Å²) in [6.07, 6.45) is -4.73. The Bertz CT molecular complexity index is 659. The Morgan fingerprint density at radius 1 is 1.00 bits per heavy atom. The van der Waals surface area contributed by atoms with Crippen molar-refractivity contribution in [3.8, 4) is 22.6 Å². The second-order valence-electron chi connectivity index (χ2n) is 4.67. The molecule has 0 saturated heterocycles. The van der Waals surface area contributed by atoms with Crippen LogP contribution in [0.5, 0.6) is 11.5 Å². The van der Waals surface area contributed by atoms with E-state index in [0.29, 0.717) is 35.8 Å². The SMILES string of the molecule is COCCOc1ccc(-c2cccc(OC(F)(F)F)c2)cc1N. The van der Waals surface area contributed by atoms with E-state index in [1.165, 1.54) is 18.2 Å². The summed E-state index contributed by atoms with van der Waals surface area (Å²) in [6, 6.07) is 10.7. The van der Waals surface area contributed by atoms with Gasteiger partial charge < -0.3 is 19.9 Å². The van der Waals surface area contributed by atoms with E-state index in [9.17, 15) is 13.2 Å². The Hall–Kier alpha value is -2.41. The fourth-order valence-corrected chi connectivity index (χ4v) is 1.97. The highest BCUT2D eigenvalue weighted by atomic mass is 19.4. The molecule has 2 aromatic rings. The third-order valence-electron chi connectivity index (χ3n) is 2.96. The molecule has 0 aromatic heterocycles. The third-order valence-corrected chi connectivity index (χ3v) is 2.96. The molecule has 0 spiro atoms. The van der Waals surface area contributed by atoms with Crippen molar-refractivity contribution in [2.45, 2.75) is 6.36 Å². The van der Waals surface area contributed by atoms with E-state index in [1.54, 1.807) is 31.4 Å². The second-order valence-corrected chi connectivity index (χ2v) is 4.67. The highest BCUT2D eigenvalue weighted by molar-refractivity contribution is 5.71. The van der Waals surface area contributed by atoms with E-state index in [1.807, 2.05) is 0 Å². The number of halogens is 3. The van der Waals surface area contributed by atoms with Crippen molar-refractivity contribution in [2.75, 3.05) is 26.1 Å². The zero-order valence-electron chi connectivity index (χ0n) is 12.4. The van der Waals surface area contributed by atoms with Gasteiger partial charge in [0.05, 0.1) is 12.3 Å². The molecule has 0 amide bonds. The lowest BCUT2D eigenvalue weighted by Crippen LogP contribution is -2.17. The minimum Gasteiger partial charge on any atom is -0.489 e. The fraction of sp³-hybridized carbons (Fsp3) is 0.250. The third kappa shape index (κ3) is 5.07.